The van der Waals surface area contributed by atoms with Crippen LogP contribution in [0.4, 0.5) is 0 Å². The fourth-order valence-corrected chi connectivity index (χ4v) is 6.44. The summed E-state index contributed by atoms with van der Waals surface area (Å²) in [6, 6.07) is 0. The summed E-state index contributed by atoms with van der Waals surface area (Å²) < 4.78 is 22.1. The lowest BCUT2D eigenvalue weighted by atomic mass is 9.99. The monoisotopic (exact) mass is 831 g/mol. The first-order valence-electron chi connectivity index (χ1n) is 23.0. The maximum atomic E-state index is 12.8. The first kappa shape index (κ1) is 54.2. The Labute approximate surface area is 357 Å². The number of aliphatic hydroxyl groups is 4. The van der Waals surface area contributed by atoms with Crippen molar-refractivity contribution in [1.82, 2.24) is 0 Å². The van der Waals surface area contributed by atoms with Crippen LogP contribution < -0.4 is 0 Å². The van der Waals surface area contributed by atoms with Crippen LogP contribution in [0, 0.1) is 0 Å². The summed E-state index contributed by atoms with van der Waals surface area (Å²) in [6.07, 6.45) is 41.9. The molecule has 338 valence electrons. The molecule has 6 atom stereocenters. The number of hydrogen-bond acceptors (Lipinski definition) is 10. The molecule has 1 heterocycles. The maximum absolute atomic E-state index is 12.8. The van der Waals surface area contributed by atoms with Crippen LogP contribution in [-0.2, 0) is 28.5 Å². The largest absolute Gasteiger partial charge is 0.462 e. The predicted molar refractivity (Wildman–Crippen MR) is 238 cm³/mol. The normalized spacial score (nSPS) is 20.7. The molecule has 59 heavy (non-hydrogen) atoms. The van der Waals surface area contributed by atoms with Crippen LogP contribution in [0.15, 0.2) is 72.9 Å². The number of aliphatic hydroxyl groups excluding tert-OH is 4. The van der Waals surface area contributed by atoms with Gasteiger partial charge < -0.3 is 39.4 Å². The highest BCUT2D eigenvalue weighted by atomic mass is 16.7. The molecule has 1 fully saturated rings. The maximum Gasteiger partial charge on any atom is 0.306 e. The minimum Gasteiger partial charge on any atom is -0.462 e. The zero-order chi connectivity index (χ0) is 43.0. The number of ether oxygens (including phenoxy) is 4. The predicted octanol–water partition coefficient (Wildman–Crippen LogP) is 10.00. The van der Waals surface area contributed by atoms with Crippen molar-refractivity contribution in [1.29, 1.82) is 0 Å². The lowest BCUT2D eigenvalue weighted by Gasteiger charge is -2.39. The fourth-order valence-electron chi connectivity index (χ4n) is 6.44. The number of carbonyl (C=O) groups excluding carboxylic acids is 2. The van der Waals surface area contributed by atoms with Gasteiger partial charge in [-0.2, -0.15) is 0 Å². The van der Waals surface area contributed by atoms with Gasteiger partial charge in [-0.3, -0.25) is 9.59 Å². The van der Waals surface area contributed by atoms with E-state index in [2.05, 4.69) is 86.8 Å². The minimum absolute atomic E-state index is 0.189. The Kier molecular flexibility index (Phi) is 36.1. The number of unbranched alkanes of at least 4 members (excludes halogenated alkanes) is 14. The second-order valence-electron chi connectivity index (χ2n) is 15.5. The van der Waals surface area contributed by atoms with E-state index in [1.165, 1.54) is 57.8 Å². The van der Waals surface area contributed by atoms with Crippen LogP contribution >= 0.6 is 0 Å². The molecule has 1 rings (SSSR count). The molecule has 1 aliphatic heterocycles. The third kappa shape index (κ3) is 30.8. The summed E-state index contributed by atoms with van der Waals surface area (Å²) in [5, 5.41) is 40.1. The van der Waals surface area contributed by atoms with E-state index in [4.69, 9.17) is 18.9 Å². The molecular weight excluding hydrogens is 749 g/mol. The second kappa shape index (κ2) is 39.3. The molecule has 0 bridgehead atoms. The van der Waals surface area contributed by atoms with E-state index in [1.807, 2.05) is 0 Å². The zero-order valence-corrected chi connectivity index (χ0v) is 36.7. The number of hydrogen-bond donors (Lipinski definition) is 4. The van der Waals surface area contributed by atoms with Crippen molar-refractivity contribution in [2.75, 3.05) is 19.8 Å². The van der Waals surface area contributed by atoms with E-state index in [0.29, 0.717) is 12.8 Å². The van der Waals surface area contributed by atoms with Crippen molar-refractivity contribution < 1.29 is 49.0 Å². The molecule has 4 N–H and O–H groups in total. The third-order valence-electron chi connectivity index (χ3n) is 10.1. The molecule has 2 unspecified atom stereocenters. The Morgan fingerprint density at radius 1 is 0.542 bits per heavy atom. The van der Waals surface area contributed by atoms with E-state index >= 15 is 0 Å². The Morgan fingerprint density at radius 3 is 1.56 bits per heavy atom. The van der Waals surface area contributed by atoms with Gasteiger partial charge in [0, 0.05) is 12.8 Å². The molecule has 0 saturated carbocycles. The van der Waals surface area contributed by atoms with Crippen LogP contribution in [-0.4, -0.2) is 89.0 Å². The number of rotatable bonds is 37. The van der Waals surface area contributed by atoms with Crippen LogP contribution in [0.1, 0.15) is 168 Å². The molecule has 0 radical (unpaired) electrons. The molecule has 0 aromatic carbocycles. The average molecular weight is 831 g/mol. The molecule has 0 spiro atoms. The Bertz CT molecular complexity index is 1190. The lowest BCUT2D eigenvalue weighted by Crippen LogP contribution is -2.59. The Hall–Kier alpha value is -2.86. The molecule has 1 saturated heterocycles. The summed E-state index contributed by atoms with van der Waals surface area (Å²) in [5.74, 6) is -0.875. The summed E-state index contributed by atoms with van der Waals surface area (Å²) >= 11 is 0. The molecule has 0 amide bonds. The van der Waals surface area contributed by atoms with E-state index in [9.17, 15) is 30.0 Å². The standard InChI is InChI=1S/C49H82O10/c1-3-5-7-9-11-13-15-17-19-20-21-22-24-25-27-29-31-33-35-37-44(51)56-40-42(41-57-49-48(55)47(54)46(53)43(39-50)59-49)58-45(52)38-36-34-32-30-28-26-23-18-16-14-12-10-8-6-4-2/h5,7,11,13,17,19,21-22,25,27-28,30,42-43,46-50,53-55H,3-4,6,8-10,12,14-16,18,20,23-24,26,29,31-41H2,1-2H3/b7-5+,13-11+,19-17+,22-21+,27-25+,30-28+/t42-,43-,46+,47?,48?,49-/m0/s1. The fraction of sp³-hybridized carbons (Fsp3) is 0.714. The van der Waals surface area contributed by atoms with Gasteiger partial charge in [0.1, 0.15) is 31.0 Å². The van der Waals surface area contributed by atoms with E-state index in [1.54, 1.807) is 0 Å². The first-order valence-corrected chi connectivity index (χ1v) is 23.0. The molecule has 0 aromatic heterocycles. The summed E-state index contributed by atoms with van der Waals surface area (Å²) in [5.41, 5.74) is 0. The van der Waals surface area contributed by atoms with Crippen molar-refractivity contribution in [3.05, 3.63) is 72.9 Å². The number of esters is 2. The van der Waals surface area contributed by atoms with Crippen LogP contribution in [0.25, 0.3) is 0 Å². The van der Waals surface area contributed by atoms with Crippen molar-refractivity contribution >= 4 is 11.9 Å². The number of carbonyl (C=O) groups is 2. The van der Waals surface area contributed by atoms with Crippen molar-refractivity contribution in [2.45, 2.75) is 205 Å². The SMILES string of the molecule is CC/C=C/C/C=C/C/C=C/C/C=C/C/C=C/CCCCCC(=O)OC[C@@H](CO[C@H]1O[C@@H](CO)[C@@H](O)C(O)C1O)OC(=O)CCCC/C=C/CCCCCCCCCCC. The van der Waals surface area contributed by atoms with Crippen molar-refractivity contribution in [3.63, 3.8) is 0 Å². The third-order valence-corrected chi connectivity index (χ3v) is 10.1. The van der Waals surface area contributed by atoms with Gasteiger partial charge >= 0.3 is 11.9 Å². The lowest BCUT2D eigenvalue weighted by molar-refractivity contribution is -0.305. The average Bonchev–Trinajstić information content (AvgIpc) is 3.23. The number of allylic oxidation sites excluding steroid dienone is 12. The topological polar surface area (TPSA) is 152 Å². The van der Waals surface area contributed by atoms with E-state index in [0.717, 1.165) is 70.6 Å². The van der Waals surface area contributed by atoms with Gasteiger partial charge in [-0.25, -0.2) is 0 Å². The van der Waals surface area contributed by atoms with Gasteiger partial charge in [-0.05, 0) is 83.5 Å². The van der Waals surface area contributed by atoms with Crippen molar-refractivity contribution in [3.8, 4) is 0 Å². The van der Waals surface area contributed by atoms with Gasteiger partial charge in [0.2, 0.25) is 0 Å². The van der Waals surface area contributed by atoms with Crippen LogP contribution in [0.3, 0.4) is 0 Å². The second-order valence-corrected chi connectivity index (χ2v) is 15.5. The van der Waals surface area contributed by atoms with Gasteiger partial charge in [0.15, 0.2) is 12.4 Å². The minimum atomic E-state index is -1.61. The van der Waals surface area contributed by atoms with Gasteiger partial charge in [0.25, 0.3) is 0 Å². The molecule has 1 aliphatic rings. The van der Waals surface area contributed by atoms with Gasteiger partial charge in [0.05, 0.1) is 13.2 Å². The van der Waals surface area contributed by atoms with E-state index < -0.39 is 55.4 Å². The molecule has 10 nitrogen and oxygen atoms in total. The molecule has 10 heteroatoms. The van der Waals surface area contributed by atoms with Crippen molar-refractivity contribution in [2.24, 2.45) is 0 Å². The van der Waals surface area contributed by atoms with Gasteiger partial charge in [-0.15, -0.1) is 0 Å². The Morgan fingerprint density at radius 2 is 1.00 bits per heavy atom. The smallest absolute Gasteiger partial charge is 0.306 e. The summed E-state index contributed by atoms with van der Waals surface area (Å²) in [6.45, 7) is 3.24. The molecule has 0 aliphatic carbocycles. The van der Waals surface area contributed by atoms with Crippen LogP contribution in [0.5, 0.6) is 0 Å². The first-order chi connectivity index (χ1) is 28.8. The zero-order valence-electron chi connectivity index (χ0n) is 36.7. The highest BCUT2D eigenvalue weighted by Crippen LogP contribution is 2.22. The van der Waals surface area contributed by atoms with Gasteiger partial charge in [-0.1, -0.05) is 145 Å². The van der Waals surface area contributed by atoms with E-state index in [-0.39, 0.29) is 26.1 Å². The summed E-state index contributed by atoms with van der Waals surface area (Å²) in [7, 11) is 0. The highest BCUT2D eigenvalue weighted by Gasteiger charge is 2.44. The molecule has 0 aromatic rings. The quantitative estimate of drug-likeness (QED) is 0.0271. The molecular formula is C49H82O10. The Balaban J connectivity index is 2.36. The summed E-state index contributed by atoms with van der Waals surface area (Å²) in [4.78, 5) is 25.3. The van der Waals surface area contributed by atoms with Crippen LogP contribution in [0.2, 0.25) is 0 Å². The highest BCUT2D eigenvalue weighted by molar-refractivity contribution is 5.70.